The molecule has 0 aliphatic carbocycles. The number of ether oxygens (including phenoxy) is 1. The number of carboxylic acid groups (broad SMARTS) is 1. The third-order valence-corrected chi connectivity index (χ3v) is 2.79. The Morgan fingerprint density at radius 3 is 2.67 bits per heavy atom. The van der Waals surface area contributed by atoms with Crippen LogP contribution >= 0.6 is 0 Å². The average molecular weight is 251 g/mol. The standard InChI is InChI=1S/C14H21NO3/c1-9(2)11-5-4-10(3)8-13(11)18-7-6-12(15)14(16)17/h4-5,8-9,12H,6-7,15H2,1-3H3,(H,16,17). The highest BCUT2D eigenvalue weighted by molar-refractivity contribution is 5.72. The topological polar surface area (TPSA) is 72.5 Å². The van der Waals surface area contributed by atoms with Crippen LogP contribution in [0.4, 0.5) is 0 Å². The van der Waals surface area contributed by atoms with E-state index in [0.717, 1.165) is 16.9 Å². The van der Waals surface area contributed by atoms with Crippen molar-refractivity contribution in [3.05, 3.63) is 29.3 Å². The van der Waals surface area contributed by atoms with E-state index in [1.165, 1.54) is 0 Å². The van der Waals surface area contributed by atoms with E-state index >= 15 is 0 Å². The summed E-state index contributed by atoms with van der Waals surface area (Å²) in [5, 5.41) is 8.69. The number of benzene rings is 1. The maximum absolute atomic E-state index is 10.6. The van der Waals surface area contributed by atoms with Crippen LogP contribution < -0.4 is 10.5 Å². The zero-order valence-corrected chi connectivity index (χ0v) is 11.1. The highest BCUT2D eigenvalue weighted by atomic mass is 16.5. The van der Waals surface area contributed by atoms with Crippen LogP contribution in [0.25, 0.3) is 0 Å². The summed E-state index contributed by atoms with van der Waals surface area (Å²) in [5.74, 6) is 0.197. The van der Waals surface area contributed by atoms with Crippen LogP contribution in [-0.2, 0) is 4.79 Å². The number of nitrogens with two attached hydrogens (primary N) is 1. The lowest BCUT2D eigenvalue weighted by Crippen LogP contribution is -2.31. The van der Waals surface area contributed by atoms with E-state index in [4.69, 9.17) is 15.6 Å². The molecule has 4 heteroatoms. The largest absolute Gasteiger partial charge is 0.493 e. The van der Waals surface area contributed by atoms with Crippen molar-refractivity contribution in [3.63, 3.8) is 0 Å². The molecule has 1 atom stereocenters. The molecule has 0 radical (unpaired) electrons. The minimum absolute atomic E-state index is 0.306. The molecule has 1 rings (SSSR count). The summed E-state index contributed by atoms with van der Waals surface area (Å²) in [7, 11) is 0. The number of hydrogen-bond donors (Lipinski definition) is 2. The predicted molar refractivity (Wildman–Crippen MR) is 71.0 cm³/mol. The van der Waals surface area contributed by atoms with Gasteiger partial charge < -0.3 is 15.6 Å². The SMILES string of the molecule is Cc1ccc(C(C)C)c(OCCC(N)C(=O)O)c1. The molecule has 0 aliphatic heterocycles. The van der Waals surface area contributed by atoms with E-state index < -0.39 is 12.0 Å². The fourth-order valence-electron chi connectivity index (χ4n) is 1.66. The van der Waals surface area contributed by atoms with Gasteiger partial charge >= 0.3 is 5.97 Å². The molecule has 4 nitrogen and oxygen atoms in total. The minimum atomic E-state index is -0.994. The molecule has 0 saturated heterocycles. The summed E-state index contributed by atoms with van der Waals surface area (Å²) in [6.07, 6.45) is 0.306. The van der Waals surface area contributed by atoms with E-state index in [0.29, 0.717) is 18.9 Å². The Kier molecular flexibility index (Phi) is 5.16. The number of rotatable bonds is 6. The third kappa shape index (κ3) is 4.04. The van der Waals surface area contributed by atoms with E-state index in [1.807, 2.05) is 25.1 Å². The van der Waals surface area contributed by atoms with Gasteiger partial charge in [-0.15, -0.1) is 0 Å². The van der Waals surface area contributed by atoms with Gasteiger partial charge in [0.1, 0.15) is 11.8 Å². The molecule has 1 unspecified atom stereocenters. The van der Waals surface area contributed by atoms with Gasteiger partial charge in [0.15, 0.2) is 0 Å². The minimum Gasteiger partial charge on any atom is -0.493 e. The molecule has 0 aliphatic rings. The van der Waals surface area contributed by atoms with Crippen molar-refractivity contribution >= 4 is 5.97 Å². The Balaban J connectivity index is 2.66. The lowest BCUT2D eigenvalue weighted by atomic mass is 10.0. The van der Waals surface area contributed by atoms with Crippen LogP contribution in [-0.4, -0.2) is 23.7 Å². The highest BCUT2D eigenvalue weighted by Gasteiger charge is 2.12. The first kappa shape index (κ1) is 14.5. The van der Waals surface area contributed by atoms with Crippen molar-refractivity contribution < 1.29 is 14.6 Å². The van der Waals surface area contributed by atoms with E-state index in [-0.39, 0.29) is 0 Å². The van der Waals surface area contributed by atoms with E-state index in [9.17, 15) is 4.79 Å². The van der Waals surface area contributed by atoms with Gasteiger partial charge in [-0.2, -0.15) is 0 Å². The van der Waals surface area contributed by atoms with Crippen LogP contribution in [0, 0.1) is 6.92 Å². The predicted octanol–water partition coefficient (Wildman–Crippen LogP) is 2.30. The second-order valence-corrected chi connectivity index (χ2v) is 4.78. The molecule has 3 N–H and O–H groups in total. The van der Waals surface area contributed by atoms with Gasteiger partial charge in [-0.1, -0.05) is 26.0 Å². The van der Waals surface area contributed by atoms with Gasteiger partial charge in [-0.25, -0.2) is 0 Å². The normalized spacial score (nSPS) is 12.5. The van der Waals surface area contributed by atoms with Crippen LogP contribution in [0.3, 0.4) is 0 Å². The van der Waals surface area contributed by atoms with E-state index in [1.54, 1.807) is 0 Å². The number of hydrogen-bond acceptors (Lipinski definition) is 3. The zero-order valence-electron chi connectivity index (χ0n) is 11.1. The first-order valence-corrected chi connectivity index (χ1v) is 6.13. The first-order chi connectivity index (χ1) is 8.41. The first-order valence-electron chi connectivity index (χ1n) is 6.13. The molecule has 0 fully saturated rings. The number of aliphatic carboxylic acids is 1. The van der Waals surface area contributed by atoms with Gasteiger partial charge in [-0.3, -0.25) is 4.79 Å². The summed E-state index contributed by atoms with van der Waals surface area (Å²) in [4.78, 5) is 10.6. The molecule has 0 spiro atoms. The molecule has 100 valence electrons. The molecule has 0 heterocycles. The van der Waals surface area contributed by atoms with Crippen LogP contribution in [0.5, 0.6) is 5.75 Å². The molecule has 1 aromatic carbocycles. The van der Waals surface area contributed by atoms with Crippen molar-refractivity contribution in [2.75, 3.05) is 6.61 Å². The molecule has 18 heavy (non-hydrogen) atoms. The van der Waals surface area contributed by atoms with Crippen LogP contribution in [0.1, 0.15) is 37.3 Å². The second-order valence-electron chi connectivity index (χ2n) is 4.78. The fourth-order valence-corrected chi connectivity index (χ4v) is 1.66. The van der Waals surface area contributed by atoms with Crippen LogP contribution in [0.2, 0.25) is 0 Å². The maximum Gasteiger partial charge on any atom is 0.320 e. The lowest BCUT2D eigenvalue weighted by molar-refractivity contribution is -0.138. The smallest absolute Gasteiger partial charge is 0.320 e. The Labute approximate surface area is 108 Å². The van der Waals surface area contributed by atoms with Crippen molar-refractivity contribution in [1.82, 2.24) is 0 Å². The van der Waals surface area contributed by atoms with Crippen molar-refractivity contribution in [2.45, 2.75) is 39.2 Å². The van der Waals surface area contributed by atoms with Gasteiger partial charge in [0.05, 0.1) is 6.61 Å². The average Bonchev–Trinajstić information content (AvgIpc) is 2.28. The van der Waals surface area contributed by atoms with E-state index in [2.05, 4.69) is 13.8 Å². The highest BCUT2D eigenvalue weighted by Crippen LogP contribution is 2.27. The van der Waals surface area contributed by atoms with Gasteiger partial charge in [-0.05, 0) is 30.0 Å². The van der Waals surface area contributed by atoms with Crippen molar-refractivity contribution in [2.24, 2.45) is 5.73 Å². The summed E-state index contributed by atoms with van der Waals surface area (Å²) in [6.45, 7) is 6.51. The Morgan fingerprint density at radius 1 is 1.44 bits per heavy atom. The number of carbonyl (C=O) groups is 1. The summed E-state index contributed by atoms with van der Waals surface area (Å²) in [5.41, 5.74) is 7.68. The monoisotopic (exact) mass is 251 g/mol. The fraction of sp³-hybridized carbons (Fsp3) is 0.500. The second kappa shape index (κ2) is 6.40. The van der Waals surface area contributed by atoms with Crippen molar-refractivity contribution in [3.8, 4) is 5.75 Å². The Morgan fingerprint density at radius 2 is 2.11 bits per heavy atom. The van der Waals surface area contributed by atoms with Gasteiger partial charge in [0.2, 0.25) is 0 Å². The molecular formula is C14H21NO3. The lowest BCUT2D eigenvalue weighted by Gasteiger charge is -2.15. The third-order valence-electron chi connectivity index (χ3n) is 2.79. The molecule has 0 aromatic heterocycles. The van der Waals surface area contributed by atoms with Gasteiger partial charge in [0, 0.05) is 6.42 Å². The Bertz CT molecular complexity index is 416. The van der Waals surface area contributed by atoms with Gasteiger partial charge in [0.25, 0.3) is 0 Å². The number of carboxylic acids is 1. The summed E-state index contributed by atoms with van der Waals surface area (Å²) >= 11 is 0. The molecule has 1 aromatic rings. The van der Waals surface area contributed by atoms with Crippen molar-refractivity contribution in [1.29, 1.82) is 0 Å². The number of aryl methyl sites for hydroxylation is 1. The maximum atomic E-state index is 10.6. The molecule has 0 amide bonds. The molecule has 0 bridgehead atoms. The Hall–Kier alpha value is -1.55. The van der Waals surface area contributed by atoms with Crippen LogP contribution in [0.15, 0.2) is 18.2 Å². The summed E-state index contributed by atoms with van der Waals surface area (Å²) < 4.78 is 5.66. The summed E-state index contributed by atoms with van der Waals surface area (Å²) in [6, 6.07) is 5.21. The molecular weight excluding hydrogens is 230 g/mol. The zero-order chi connectivity index (χ0) is 13.7. The molecule has 0 saturated carbocycles. The quantitative estimate of drug-likeness (QED) is 0.813.